The Labute approximate surface area is 96.7 Å². The quantitative estimate of drug-likeness (QED) is 0.900. The molecule has 1 aliphatic rings. The van der Waals surface area contributed by atoms with E-state index in [1.165, 1.54) is 25.0 Å². The summed E-state index contributed by atoms with van der Waals surface area (Å²) in [5, 5.41) is 0.520. The van der Waals surface area contributed by atoms with Crippen molar-refractivity contribution < 1.29 is 4.42 Å². The standard InChI is InChI=1S/C10H14BrNOS/c11-7-4-5-13-10(7)9(12)8-3-1-2-6-14-8/h4-5,8-9H,1-3,6,12H2. The number of thioether (sulfide) groups is 1. The van der Waals surface area contributed by atoms with Gasteiger partial charge >= 0.3 is 0 Å². The summed E-state index contributed by atoms with van der Waals surface area (Å²) in [6.45, 7) is 0. The lowest BCUT2D eigenvalue weighted by atomic mass is 10.1. The summed E-state index contributed by atoms with van der Waals surface area (Å²) in [5.41, 5.74) is 6.17. The summed E-state index contributed by atoms with van der Waals surface area (Å²) in [7, 11) is 0. The average Bonchev–Trinajstić information content (AvgIpc) is 2.65. The fourth-order valence-corrected chi connectivity index (χ4v) is 3.56. The van der Waals surface area contributed by atoms with Crippen LogP contribution in [0, 0.1) is 0 Å². The highest BCUT2D eigenvalue weighted by atomic mass is 79.9. The molecular weight excluding hydrogens is 262 g/mol. The van der Waals surface area contributed by atoms with Crippen LogP contribution < -0.4 is 5.73 Å². The fourth-order valence-electron chi connectivity index (χ4n) is 1.76. The molecule has 0 spiro atoms. The fraction of sp³-hybridized carbons (Fsp3) is 0.600. The third-order valence-corrected chi connectivity index (χ3v) is 4.70. The van der Waals surface area contributed by atoms with Crippen molar-refractivity contribution >= 4 is 27.7 Å². The van der Waals surface area contributed by atoms with Crippen LogP contribution in [0.1, 0.15) is 31.1 Å². The van der Waals surface area contributed by atoms with Crippen molar-refractivity contribution in [3.05, 3.63) is 22.6 Å². The van der Waals surface area contributed by atoms with Gasteiger partial charge in [-0.2, -0.15) is 11.8 Å². The number of furan rings is 1. The molecule has 2 nitrogen and oxygen atoms in total. The van der Waals surface area contributed by atoms with Gasteiger partial charge in [0.05, 0.1) is 16.8 Å². The second kappa shape index (κ2) is 4.73. The molecule has 1 fully saturated rings. The van der Waals surface area contributed by atoms with E-state index in [4.69, 9.17) is 10.2 Å². The highest BCUT2D eigenvalue weighted by Crippen LogP contribution is 2.36. The highest BCUT2D eigenvalue weighted by molar-refractivity contribution is 9.10. The van der Waals surface area contributed by atoms with Gasteiger partial charge in [0, 0.05) is 5.25 Å². The maximum Gasteiger partial charge on any atom is 0.135 e. The Morgan fingerprint density at radius 1 is 1.57 bits per heavy atom. The molecule has 0 aliphatic carbocycles. The second-order valence-corrected chi connectivity index (χ2v) is 5.77. The minimum atomic E-state index is 0.0321. The molecule has 0 bridgehead atoms. The number of halogens is 1. The molecule has 1 aromatic heterocycles. The van der Waals surface area contributed by atoms with E-state index < -0.39 is 0 Å². The van der Waals surface area contributed by atoms with Crippen LogP contribution in [-0.4, -0.2) is 11.0 Å². The van der Waals surface area contributed by atoms with Crippen molar-refractivity contribution in [2.45, 2.75) is 30.6 Å². The lowest BCUT2D eigenvalue weighted by Gasteiger charge is -2.25. The first-order valence-electron chi connectivity index (χ1n) is 4.89. The molecule has 2 atom stereocenters. The molecule has 78 valence electrons. The van der Waals surface area contributed by atoms with Gasteiger partial charge in [-0.15, -0.1) is 0 Å². The van der Waals surface area contributed by atoms with Crippen LogP contribution in [0.2, 0.25) is 0 Å². The van der Waals surface area contributed by atoms with E-state index in [9.17, 15) is 0 Å². The Morgan fingerprint density at radius 3 is 3.00 bits per heavy atom. The van der Waals surface area contributed by atoms with Gasteiger partial charge < -0.3 is 10.2 Å². The summed E-state index contributed by atoms with van der Waals surface area (Å²) in [5.74, 6) is 2.13. The molecule has 0 saturated carbocycles. The van der Waals surface area contributed by atoms with Gasteiger partial charge in [0.1, 0.15) is 5.76 Å². The van der Waals surface area contributed by atoms with Crippen LogP contribution in [-0.2, 0) is 0 Å². The van der Waals surface area contributed by atoms with E-state index in [1.807, 2.05) is 17.8 Å². The predicted molar refractivity (Wildman–Crippen MR) is 63.4 cm³/mol. The third kappa shape index (κ3) is 2.18. The van der Waals surface area contributed by atoms with E-state index in [-0.39, 0.29) is 6.04 Å². The third-order valence-electron chi connectivity index (χ3n) is 2.56. The molecule has 1 aliphatic heterocycles. The summed E-state index contributed by atoms with van der Waals surface area (Å²) in [6, 6.07) is 1.94. The topological polar surface area (TPSA) is 39.2 Å². The smallest absolute Gasteiger partial charge is 0.135 e. The Balaban J connectivity index is 2.07. The minimum Gasteiger partial charge on any atom is -0.466 e. The minimum absolute atomic E-state index is 0.0321. The van der Waals surface area contributed by atoms with Crippen LogP contribution in [0.3, 0.4) is 0 Å². The van der Waals surface area contributed by atoms with Crippen molar-refractivity contribution in [2.24, 2.45) is 5.73 Å². The Bertz CT molecular complexity index is 296. The van der Waals surface area contributed by atoms with E-state index in [0.29, 0.717) is 5.25 Å². The van der Waals surface area contributed by atoms with Crippen molar-refractivity contribution in [1.82, 2.24) is 0 Å². The number of hydrogen-bond acceptors (Lipinski definition) is 3. The molecule has 4 heteroatoms. The molecule has 0 aromatic carbocycles. The molecule has 2 rings (SSSR count). The van der Waals surface area contributed by atoms with Crippen LogP contribution in [0.5, 0.6) is 0 Å². The van der Waals surface area contributed by atoms with Gasteiger partial charge in [-0.05, 0) is 40.6 Å². The Morgan fingerprint density at radius 2 is 2.43 bits per heavy atom. The van der Waals surface area contributed by atoms with Crippen LogP contribution in [0.25, 0.3) is 0 Å². The first-order valence-corrected chi connectivity index (χ1v) is 6.73. The predicted octanol–water partition coefficient (Wildman–Crippen LogP) is 3.33. The first kappa shape index (κ1) is 10.6. The molecular formula is C10H14BrNOS. The van der Waals surface area contributed by atoms with Crippen LogP contribution >= 0.6 is 27.7 Å². The summed E-state index contributed by atoms with van der Waals surface area (Å²) in [4.78, 5) is 0. The van der Waals surface area contributed by atoms with E-state index in [0.717, 1.165) is 10.2 Å². The van der Waals surface area contributed by atoms with Crippen molar-refractivity contribution in [3.63, 3.8) is 0 Å². The zero-order valence-corrected chi connectivity index (χ0v) is 10.3. The van der Waals surface area contributed by atoms with Gasteiger partial charge in [0.25, 0.3) is 0 Å². The monoisotopic (exact) mass is 275 g/mol. The van der Waals surface area contributed by atoms with Crippen LogP contribution in [0.15, 0.2) is 21.2 Å². The molecule has 0 amide bonds. The summed E-state index contributed by atoms with van der Waals surface area (Å²) >= 11 is 5.42. The number of nitrogens with two attached hydrogens (primary N) is 1. The second-order valence-electron chi connectivity index (χ2n) is 3.56. The van der Waals surface area contributed by atoms with Crippen molar-refractivity contribution in [2.75, 3.05) is 5.75 Å². The molecule has 1 aromatic rings. The van der Waals surface area contributed by atoms with Gasteiger partial charge in [-0.25, -0.2) is 0 Å². The van der Waals surface area contributed by atoms with Crippen LogP contribution in [0.4, 0.5) is 0 Å². The normalized spacial score (nSPS) is 24.9. The maximum atomic E-state index is 6.17. The lowest BCUT2D eigenvalue weighted by Crippen LogP contribution is -2.26. The zero-order valence-electron chi connectivity index (χ0n) is 7.91. The van der Waals surface area contributed by atoms with E-state index in [2.05, 4.69) is 15.9 Å². The van der Waals surface area contributed by atoms with Gasteiger partial charge in [-0.1, -0.05) is 6.42 Å². The molecule has 2 heterocycles. The highest BCUT2D eigenvalue weighted by Gasteiger charge is 2.25. The van der Waals surface area contributed by atoms with E-state index >= 15 is 0 Å². The van der Waals surface area contributed by atoms with Crippen molar-refractivity contribution in [1.29, 1.82) is 0 Å². The van der Waals surface area contributed by atoms with Gasteiger partial charge in [0.2, 0.25) is 0 Å². The van der Waals surface area contributed by atoms with Gasteiger partial charge in [-0.3, -0.25) is 0 Å². The first-order chi connectivity index (χ1) is 6.79. The van der Waals surface area contributed by atoms with E-state index in [1.54, 1.807) is 6.26 Å². The summed E-state index contributed by atoms with van der Waals surface area (Å²) in [6.07, 6.45) is 5.52. The SMILES string of the molecule is NC(c1occc1Br)C1CCCCS1. The molecule has 0 radical (unpaired) electrons. The average molecular weight is 276 g/mol. The Hall–Kier alpha value is 0.0700. The Kier molecular flexibility index (Phi) is 3.57. The zero-order chi connectivity index (χ0) is 9.97. The lowest BCUT2D eigenvalue weighted by molar-refractivity contribution is 0.442. The molecule has 14 heavy (non-hydrogen) atoms. The number of rotatable bonds is 2. The maximum absolute atomic E-state index is 6.17. The number of hydrogen-bond donors (Lipinski definition) is 1. The largest absolute Gasteiger partial charge is 0.466 e. The molecule has 1 saturated heterocycles. The van der Waals surface area contributed by atoms with Gasteiger partial charge in [0.15, 0.2) is 0 Å². The molecule has 2 N–H and O–H groups in total. The summed E-state index contributed by atoms with van der Waals surface area (Å²) < 4.78 is 6.39. The molecule has 2 unspecified atom stereocenters. The van der Waals surface area contributed by atoms with Crippen molar-refractivity contribution in [3.8, 4) is 0 Å².